The topological polar surface area (TPSA) is 159 Å². The molecule has 0 aliphatic carbocycles. The third-order valence-corrected chi connectivity index (χ3v) is 7.66. The van der Waals surface area contributed by atoms with Crippen LogP contribution in [0.2, 0.25) is 0 Å². The summed E-state index contributed by atoms with van der Waals surface area (Å²) in [6.45, 7) is 5.58. The average molecular weight is 621 g/mol. The second-order valence-electron chi connectivity index (χ2n) is 11.4. The number of piperidine rings is 1. The van der Waals surface area contributed by atoms with Crippen molar-refractivity contribution in [1.82, 2.24) is 15.0 Å². The van der Waals surface area contributed by atoms with Crippen molar-refractivity contribution in [3.8, 4) is 11.8 Å². The highest BCUT2D eigenvalue weighted by Crippen LogP contribution is 2.33. The standard InChI is InChI=1S/C29H36N4O4.C4H4O4/c1-32(2)18-25-27(36-20-23-5-3-4-22(16-23)17-30)9-7-24-26(31-37-29(24)25)8-6-21-10-12-33(13-11-21)19-28-34-14-15-35-28;5-3(6)1-2-4(7)8/h3-5,7,9,16,21,28H,6,8,10-15,18-20H2,1-2H3;1-2H,(H,5,6)(H,7,8)/b;2-1+. The largest absolute Gasteiger partial charge is 0.488 e. The summed E-state index contributed by atoms with van der Waals surface area (Å²) in [7, 11) is 4.07. The summed E-state index contributed by atoms with van der Waals surface area (Å²) in [6, 6.07) is 13.8. The van der Waals surface area contributed by atoms with Gasteiger partial charge in [0.25, 0.3) is 0 Å². The van der Waals surface area contributed by atoms with Gasteiger partial charge >= 0.3 is 11.9 Å². The van der Waals surface area contributed by atoms with Crippen molar-refractivity contribution < 1.29 is 38.5 Å². The lowest BCUT2D eigenvalue weighted by Crippen LogP contribution is -2.39. The molecule has 2 aliphatic heterocycles. The summed E-state index contributed by atoms with van der Waals surface area (Å²) in [5, 5.41) is 30.4. The number of carboxylic acids is 2. The fourth-order valence-corrected chi connectivity index (χ4v) is 5.43. The Morgan fingerprint density at radius 2 is 1.82 bits per heavy atom. The number of aromatic nitrogens is 1. The highest BCUT2D eigenvalue weighted by atomic mass is 16.7. The monoisotopic (exact) mass is 620 g/mol. The zero-order valence-corrected chi connectivity index (χ0v) is 25.7. The number of likely N-dealkylation sites (tertiary alicyclic amines) is 1. The predicted molar refractivity (Wildman–Crippen MR) is 164 cm³/mol. The predicted octanol–water partition coefficient (Wildman–Crippen LogP) is 4.07. The van der Waals surface area contributed by atoms with Gasteiger partial charge < -0.3 is 33.8 Å². The van der Waals surface area contributed by atoms with Crippen LogP contribution in [-0.2, 0) is 38.6 Å². The molecule has 12 heteroatoms. The number of nitriles is 1. The number of carboxylic acid groups (broad SMARTS) is 2. The molecule has 12 nitrogen and oxygen atoms in total. The van der Waals surface area contributed by atoms with E-state index in [2.05, 4.69) is 27.1 Å². The summed E-state index contributed by atoms with van der Waals surface area (Å²) in [5.74, 6) is -1.03. The van der Waals surface area contributed by atoms with E-state index in [-0.39, 0.29) is 6.29 Å². The van der Waals surface area contributed by atoms with Gasteiger partial charge in [0.1, 0.15) is 12.4 Å². The van der Waals surface area contributed by atoms with Crippen LogP contribution in [0.15, 0.2) is 53.1 Å². The Hall–Kier alpha value is -4.28. The van der Waals surface area contributed by atoms with E-state index in [9.17, 15) is 14.9 Å². The Bertz CT molecular complexity index is 1480. The lowest BCUT2D eigenvalue weighted by Gasteiger charge is -2.32. The van der Waals surface area contributed by atoms with E-state index in [4.69, 9.17) is 28.9 Å². The molecular formula is C33H40N4O8. The van der Waals surface area contributed by atoms with Crippen LogP contribution in [0.4, 0.5) is 0 Å². The van der Waals surface area contributed by atoms with Crippen molar-refractivity contribution in [2.45, 2.75) is 45.1 Å². The molecule has 3 aromatic rings. The summed E-state index contributed by atoms with van der Waals surface area (Å²) in [5.41, 5.74) is 4.43. The number of aryl methyl sites for hydroxylation is 1. The smallest absolute Gasteiger partial charge is 0.328 e. The Morgan fingerprint density at radius 3 is 2.47 bits per heavy atom. The maximum absolute atomic E-state index is 9.55. The fraction of sp³-hybridized carbons (Fsp3) is 0.455. The maximum Gasteiger partial charge on any atom is 0.328 e. The van der Waals surface area contributed by atoms with Crippen molar-refractivity contribution >= 4 is 22.9 Å². The number of rotatable bonds is 12. The summed E-state index contributed by atoms with van der Waals surface area (Å²) in [6.07, 6.45) is 5.48. The highest BCUT2D eigenvalue weighted by Gasteiger charge is 2.25. The van der Waals surface area contributed by atoms with Crippen molar-refractivity contribution in [2.24, 2.45) is 5.92 Å². The second kappa shape index (κ2) is 16.7. The quantitative estimate of drug-likeness (QED) is 0.280. The molecule has 2 saturated heterocycles. The van der Waals surface area contributed by atoms with Gasteiger partial charge in [-0.15, -0.1) is 0 Å². The number of hydrogen-bond donors (Lipinski definition) is 2. The van der Waals surface area contributed by atoms with Crippen molar-refractivity contribution in [1.29, 1.82) is 5.26 Å². The van der Waals surface area contributed by atoms with Crippen LogP contribution in [-0.4, -0.2) is 90.3 Å². The molecule has 0 bridgehead atoms. The van der Waals surface area contributed by atoms with E-state index in [0.717, 1.165) is 66.0 Å². The van der Waals surface area contributed by atoms with Crippen molar-refractivity contribution in [3.63, 3.8) is 0 Å². The van der Waals surface area contributed by atoms with Crippen LogP contribution >= 0.6 is 0 Å². The average Bonchev–Trinajstić information content (AvgIpc) is 3.69. The van der Waals surface area contributed by atoms with E-state index in [1.54, 1.807) is 6.07 Å². The Kier molecular flexibility index (Phi) is 12.5. The first-order valence-corrected chi connectivity index (χ1v) is 15.0. The first kappa shape index (κ1) is 33.6. The van der Waals surface area contributed by atoms with E-state index < -0.39 is 11.9 Å². The minimum absolute atomic E-state index is 0.0500. The molecule has 0 saturated carbocycles. The SMILES string of the molecule is CN(C)Cc1c(OCc2cccc(C#N)c2)ccc2c(CCC3CCN(CC4OCCO4)CC3)noc12.O=C(O)/C=C/C(=O)O. The van der Waals surface area contributed by atoms with Crippen LogP contribution in [0.25, 0.3) is 11.0 Å². The van der Waals surface area contributed by atoms with Crippen molar-refractivity contribution in [3.05, 3.63) is 70.9 Å². The number of ether oxygens (including phenoxy) is 3. The van der Waals surface area contributed by atoms with Gasteiger partial charge in [0.2, 0.25) is 0 Å². The van der Waals surface area contributed by atoms with Crippen LogP contribution in [0, 0.1) is 17.2 Å². The molecule has 45 heavy (non-hydrogen) atoms. The van der Waals surface area contributed by atoms with E-state index >= 15 is 0 Å². The van der Waals surface area contributed by atoms with E-state index in [1.807, 2.05) is 38.4 Å². The Morgan fingerprint density at radius 1 is 1.11 bits per heavy atom. The molecule has 0 radical (unpaired) electrons. The number of fused-ring (bicyclic) bond motifs is 1. The highest BCUT2D eigenvalue weighted by molar-refractivity contribution is 5.89. The van der Waals surface area contributed by atoms with Gasteiger partial charge in [0.15, 0.2) is 11.9 Å². The van der Waals surface area contributed by atoms with Gasteiger partial charge in [0.05, 0.1) is 36.1 Å². The van der Waals surface area contributed by atoms with Gasteiger partial charge in [-0.2, -0.15) is 5.26 Å². The first-order chi connectivity index (χ1) is 21.7. The van der Waals surface area contributed by atoms with Gasteiger partial charge in [-0.1, -0.05) is 17.3 Å². The third kappa shape index (κ3) is 10.4. The van der Waals surface area contributed by atoms with Crippen LogP contribution in [0.3, 0.4) is 0 Å². The molecule has 2 aromatic carbocycles. The molecule has 0 unspecified atom stereocenters. The lowest BCUT2D eigenvalue weighted by atomic mass is 9.91. The van der Waals surface area contributed by atoms with E-state index in [1.165, 1.54) is 12.8 Å². The summed E-state index contributed by atoms with van der Waals surface area (Å²) < 4.78 is 23.3. The molecule has 240 valence electrons. The molecule has 0 amide bonds. The van der Waals surface area contributed by atoms with Gasteiger partial charge in [-0.25, -0.2) is 9.59 Å². The van der Waals surface area contributed by atoms with Gasteiger partial charge in [0, 0.05) is 30.6 Å². The van der Waals surface area contributed by atoms with Crippen LogP contribution in [0.1, 0.15) is 41.6 Å². The summed E-state index contributed by atoms with van der Waals surface area (Å²) in [4.78, 5) is 23.7. The van der Waals surface area contributed by atoms with Crippen LogP contribution < -0.4 is 4.74 Å². The number of hydrogen-bond acceptors (Lipinski definition) is 10. The Balaban J connectivity index is 0.000000510. The van der Waals surface area contributed by atoms with Gasteiger partial charge in [-0.05, 0) is 88.6 Å². The molecule has 0 spiro atoms. The van der Waals surface area contributed by atoms with Crippen molar-refractivity contribution in [2.75, 3.05) is 46.9 Å². The first-order valence-electron chi connectivity index (χ1n) is 15.0. The zero-order chi connectivity index (χ0) is 32.2. The number of nitrogens with zero attached hydrogens (tertiary/aromatic N) is 4. The minimum atomic E-state index is -1.26. The minimum Gasteiger partial charge on any atom is -0.488 e. The molecule has 2 aliphatic rings. The molecule has 2 fully saturated rings. The second-order valence-corrected chi connectivity index (χ2v) is 11.4. The maximum atomic E-state index is 9.55. The van der Waals surface area contributed by atoms with Crippen LogP contribution in [0.5, 0.6) is 5.75 Å². The Labute approximate surface area is 262 Å². The van der Waals surface area contributed by atoms with Gasteiger partial charge in [-0.3, -0.25) is 4.90 Å². The zero-order valence-electron chi connectivity index (χ0n) is 25.7. The molecule has 1 aromatic heterocycles. The lowest BCUT2D eigenvalue weighted by molar-refractivity contribution is -0.134. The molecule has 2 N–H and O–H groups in total. The number of benzene rings is 2. The molecule has 3 heterocycles. The summed E-state index contributed by atoms with van der Waals surface area (Å²) >= 11 is 0. The normalized spacial score (nSPS) is 16.1. The molecule has 5 rings (SSSR count). The molecule has 0 atom stereocenters. The molecular weight excluding hydrogens is 580 g/mol. The number of carbonyl (C=O) groups is 2. The number of aliphatic carboxylic acids is 2. The van der Waals surface area contributed by atoms with E-state index in [0.29, 0.717) is 50.0 Å². The fourth-order valence-electron chi connectivity index (χ4n) is 5.43. The third-order valence-electron chi connectivity index (χ3n) is 7.66.